The maximum atomic E-state index is 12.3. The SMILES string of the molecule is C=C(C)C(=O)OC(CC)(CC)CCOC(=O)c1ccc2ccccc2c1. The average molecular weight is 354 g/mol. The summed E-state index contributed by atoms with van der Waals surface area (Å²) in [5.74, 6) is -0.780. The highest BCUT2D eigenvalue weighted by Gasteiger charge is 2.31. The Morgan fingerprint density at radius 1 is 1.04 bits per heavy atom. The molecule has 0 radical (unpaired) electrons. The Balaban J connectivity index is 2.00. The zero-order valence-corrected chi connectivity index (χ0v) is 15.7. The van der Waals surface area contributed by atoms with Crippen molar-refractivity contribution in [2.45, 2.75) is 45.6 Å². The van der Waals surface area contributed by atoms with Crippen LogP contribution in [-0.4, -0.2) is 24.1 Å². The molecule has 0 saturated carbocycles. The highest BCUT2D eigenvalue weighted by atomic mass is 16.6. The predicted octanol–water partition coefficient (Wildman–Crippen LogP) is 5.06. The lowest BCUT2D eigenvalue weighted by Gasteiger charge is -2.31. The smallest absolute Gasteiger partial charge is 0.338 e. The molecule has 0 aliphatic heterocycles. The second-order valence-electron chi connectivity index (χ2n) is 6.51. The lowest BCUT2D eigenvalue weighted by molar-refractivity contribution is -0.157. The van der Waals surface area contributed by atoms with Crippen LogP contribution in [0.2, 0.25) is 0 Å². The van der Waals surface area contributed by atoms with Gasteiger partial charge in [0.15, 0.2) is 0 Å². The summed E-state index contributed by atoms with van der Waals surface area (Å²) in [6, 6.07) is 13.3. The van der Waals surface area contributed by atoms with Gasteiger partial charge in [0.1, 0.15) is 5.60 Å². The van der Waals surface area contributed by atoms with Gasteiger partial charge in [0.05, 0.1) is 12.2 Å². The Morgan fingerprint density at radius 3 is 2.31 bits per heavy atom. The van der Waals surface area contributed by atoms with Crippen LogP contribution in [0.1, 0.15) is 50.4 Å². The molecule has 4 nitrogen and oxygen atoms in total. The van der Waals surface area contributed by atoms with Gasteiger partial charge in [0.25, 0.3) is 0 Å². The summed E-state index contributed by atoms with van der Waals surface area (Å²) >= 11 is 0. The van der Waals surface area contributed by atoms with E-state index in [1.165, 1.54) is 0 Å². The van der Waals surface area contributed by atoms with Gasteiger partial charge in [-0.25, -0.2) is 9.59 Å². The van der Waals surface area contributed by atoms with E-state index >= 15 is 0 Å². The van der Waals surface area contributed by atoms with E-state index in [9.17, 15) is 9.59 Å². The highest BCUT2D eigenvalue weighted by molar-refractivity contribution is 5.95. The van der Waals surface area contributed by atoms with Crippen LogP contribution in [0.15, 0.2) is 54.6 Å². The van der Waals surface area contributed by atoms with Crippen LogP contribution in [0, 0.1) is 0 Å². The second kappa shape index (κ2) is 8.65. The fraction of sp³-hybridized carbons (Fsp3) is 0.364. The third-order valence-electron chi connectivity index (χ3n) is 4.72. The maximum Gasteiger partial charge on any atom is 0.338 e. The molecule has 0 unspecified atom stereocenters. The van der Waals surface area contributed by atoms with Crippen molar-refractivity contribution in [2.75, 3.05) is 6.61 Å². The first-order valence-corrected chi connectivity index (χ1v) is 8.95. The summed E-state index contributed by atoms with van der Waals surface area (Å²) < 4.78 is 11.0. The molecule has 4 heteroatoms. The van der Waals surface area contributed by atoms with Gasteiger partial charge in [0, 0.05) is 12.0 Å². The third-order valence-corrected chi connectivity index (χ3v) is 4.72. The Kier molecular flexibility index (Phi) is 6.56. The van der Waals surface area contributed by atoms with Gasteiger partial charge in [-0.3, -0.25) is 0 Å². The van der Waals surface area contributed by atoms with Crippen LogP contribution >= 0.6 is 0 Å². The molecule has 0 N–H and O–H groups in total. The van der Waals surface area contributed by atoms with Crippen LogP contribution in [0.5, 0.6) is 0 Å². The Bertz CT molecular complexity index is 803. The largest absolute Gasteiger partial charge is 0.462 e. The molecule has 0 aliphatic carbocycles. The topological polar surface area (TPSA) is 52.6 Å². The van der Waals surface area contributed by atoms with Crippen molar-refractivity contribution in [1.29, 1.82) is 0 Å². The minimum absolute atomic E-state index is 0.191. The first-order valence-electron chi connectivity index (χ1n) is 8.95. The lowest BCUT2D eigenvalue weighted by atomic mass is 9.93. The summed E-state index contributed by atoms with van der Waals surface area (Å²) in [6.07, 6.45) is 1.75. The molecular weight excluding hydrogens is 328 g/mol. The molecule has 2 aromatic carbocycles. The van der Waals surface area contributed by atoms with Crippen molar-refractivity contribution < 1.29 is 19.1 Å². The summed E-state index contributed by atoms with van der Waals surface area (Å²) in [7, 11) is 0. The predicted molar refractivity (Wildman–Crippen MR) is 103 cm³/mol. The van der Waals surface area contributed by atoms with Crippen molar-refractivity contribution in [2.24, 2.45) is 0 Å². The van der Waals surface area contributed by atoms with Gasteiger partial charge >= 0.3 is 11.9 Å². The van der Waals surface area contributed by atoms with Gasteiger partial charge in [0.2, 0.25) is 0 Å². The molecule has 0 spiro atoms. The first-order chi connectivity index (χ1) is 12.4. The number of hydrogen-bond donors (Lipinski definition) is 0. The van der Waals surface area contributed by atoms with Crippen LogP contribution < -0.4 is 0 Å². The molecule has 0 fully saturated rings. The third kappa shape index (κ3) is 4.72. The lowest BCUT2D eigenvalue weighted by Crippen LogP contribution is -2.35. The summed E-state index contributed by atoms with van der Waals surface area (Å²) in [5.41, 5.74) is 0.241. The molecule has 26 heavy (non-hydrogen) atoms. The van der Waals surface area contributed by atoms with Crippen molar-refractivity contribution in [3.8, 4) is 0 Å². The fourth-order valence-corrected chi connectivity index (χ4v) is 2.81. The highest BCUT2D eigenvalue weighted by Crippen LogP contribution is 2.26. The molecule has 2 aromatic rings. The monoisotopic (exact) mass is 354 g/mol. The van der Waals surface area contributed by atoms with E-state index in [0.717, 1.165) is 10.8 Å². The van der Waals surface area contributed by atoms with Crippen LogP contribution in [-0.2, 0) is 14.3 Å². The Morgan fingerprint density at radius 2 is 1.69 bits per heavy atom. The number of carbonyl (C=O) groups is 2. The van der Waals surface area contributed by atoms with E-state index in [1.54, 1.807) is 13.0 Å². The molecular formula is C22H26O4. The number of esters is 2. The molecule has 0 saturated heterocycles. The maximum absolute atomic E-state index is 12.3. The molecule has 0 aliphatic rings. The van der Waals surface area contributed by atoms with E-state index in [1.807, 2.05) is 50.2 Å². The Hall–Kier alpha value is -2.62. The minimum atomic E-state index is -0.639. The fourth-order valence-electron chi connectivity index (χ4n) is 2.81. The number of fused-ring (bicyclic) bond motifs is 1. The zero-order valence-electron chi connectivity index (χ0n) is 15.7. The van der Waals surface area contributed by atoms with Gasteiger partial charge in [-0.05, 0) is 42.7 Å². The average Bonchev–Trinajstić information content (AvgIpc) is 2.66. The number of hydrogen-bond acceptors (Lipinski definition) is 4. The number of ether oxygens (including phenoxy) is 2. The molecule has 2 rings (SSSR count). The molecule has 0 aromatic heterocycles. The molecule has 0 amide bonds. The summed E-state index contributed by atoms with van der Waals surface area (Å²) in [5, 5.41) is 2.07. The van der Waals surface area contributed by atoms with Crippen molar-refractivity contribution in [1.82, 2.24) is 0 Å². The minimum Gasteiger partial charge on any atom is -0.462 e. The van der Waals surface area contributed by atoms with Crippen molar-refractivity contribution in [3.05, 3.63) is 60.2 Å². The van der Waals surface area contributed by atoms with E-state index in [2.05, 4.69) is 6.58 Å². The molecule has 0 atom stereocenters. The first kappa shape index (κ1) is 19.7. The normalized spacial score (nSPS) is 11.2. The van der Waals surface area contributed by atoms with Gasteiger partial charge in [-0.2, -0.15) is 0 Å². The summed E-state index contributed by atoms with van der Waals surface area (Å²) in [4.78, 5) is 24.2. The van der Waals surface area contributed by atoms with E-state index in [4.69, 9.17) is 9.47 Å². The quantitative estimate of drug-likeness (QED) is 0.491. The van der Waals surface area contributed by atoms with Crippen molar-refractivity contribution in [3.63, 3.8) is 0 Å². The van der Waals surface area contributed by atoms with E-state index < -0.39 is 11.6 Å². The van der Waals surface area contributed by atoms with Gasteiger partial charge in [-0.15, -0.1) is 0 Å². The Labute approximate surface area is 154 Å². The molecule has 0 heterocycles. The zero-order chi connectivity index (χ0) is 19.2. The number of rotatable bonds is 8. The molecule has 0 bridgehead atoms. The second-order valence-corrected chi connectivity index (χ2v) is 6.51. The van der Waals surface area contributed by atoms with Crippen molar-refractivity contribution >= 4 is 22.7 Å². The van der Waals surface area contributed by atoms with Crippen LogP contribution in [0.3, 0.4) is 0 Å². The molecule has 138 valence electrons. The number of carbonyl (C=O) groups excluding carboxylic acids is 2. The van der Waals surface area contributed by atoms with E-state index in [0.29, 0.717) is 30.4 Å². The number of benzene rings is 2. The standard InChI is InChI=1S/C22H26O4/c1-5-22(6-2,26-20(23)16(3)4)13-14-25-21(24)19-12-11-17-9-7-8-10-18(17)15-19/h7-12,15H,3,5-6,13-14H2,1-2,4H3. The van der Waals surface area contributed by atoms with Gasteiger partial charge < -0.3 is 9.47 Å². The summed E-state index contributed by atoms with van der Waals surface area (Å²) in [6.45, 7) is 9.35. The van der Waals surface area contributed by atoms with Crippen LogP contribution in [0.4, 0.5) is 0 Å². The van der Waals surface area contributed by atoms with Crippen LogP contribution in [0.25, 0.3) is 10.8 Å². The van der Waals surface area contributed by atoms with E-state index in [-0.39, 0.29) is 12.6 Å². The van der Waals surface area contributed by atoms with Gasteiger partial charge in [-0.1, -0.05) is 50.8 Å².